The lowest BCUT2D eigenvalue weighted by atomic mass is 10.0. The molecule has 0 radical (unpaired) electrons. The number of rotatable bonds is 8. The van der Waals surface area contributed by atoms with Crippen molar-refractivity contribution in [1.29, 1.82) is 0 Å². The molecule has 0 saturated carbocycles. The first-order chi connectivity index (χ1) is 18.3. The third kappa shape index (κ3) is 4.44. The molecule has 2 aliphatic heterocycles. The van der Waals surface area contributed by atoms with Gasteiger partial charge in [-0.3, -0.25) is 14.5 Å². The number of halogens is 1. The fraction of sp³-hybridized carbons (Fsp3) is 0.269. The molecule has 1 aromatic heterocycles. The number of amides is 1. The van der Waals surface area contributed by atoms with E-state index in [1.165, 1.54) is 22.9 Å². The monoisotopic (exact) mass is 523 g/mol. The molecule has 5 N–H and O–H groups in total. The molecule has 0 bridgehead atoms. The highest BCUT2D eigenvalue weighted by atomic mass is 19.1. The summed E-state index contributed by atoms with van der Waals surface area (Å²) in [6, 6.07) is 3.83. The van der Waals surface area contributed by atoms with Gasteiger partial charge in [0, 0.05) is 31.5 Å². The van der Waals surface area contributed by atoms with Crippen molar-refractivity contribution >= 4 is 34.2 Å². The smallest absolute Gasteiger partial charge is 0.341 e. The van der Waals surface area contributed by atoms with Crippen molar-refractivity contribution in [2.45, 2.75) is 6.42 Å². The van der Waals surface area contributed by atoms with Crippen LogP contribution in [0, 0.1) is 5.82 Å². The zero-order chi connectivity index (χ0) is 27.0. The highest BCUT2D eigenvalue weighted by molar-refractivity contribution is 6.02. The number of carboxylic acid groups (broad SMARTS) is 1. The Labute approximate surface area is 216 Å². The number of benzene rings is 2. The van der Waals surface area contributed by atoms with E-state index >= 15 is 4.39 Å². The zero-order valence-corrected chi connectivity index (χ0v) is 20.4. The van der Waals surface area contributed by atoms with E-state index in [0.29, 0.717) is 31.9 Å². The maximum absolute atomic E-state index is 15.4. The first-order valence-corrected chi connectivity index (χ1v) is 12.0. The third-order valence-electron chi connectivity index (χ3n) is 6.56. The molecule has 3 heterocycles. The lowest BCUT2D eigenvalue weighted by molar-refractivity contribution is 0.0378. The number of carbonyl (C=O) groups excluding carboxylic acids is 1. The van der Waals surface area contributed by atoms with E-state index in [2.05, 4.69) is 22.1 Å². The summed E-state index contributed by atoms with van der Waals surface area (Å²) in [6.07, 6.45) is 3.07. The molecule has 0 unspecified atom stereocenters. The molecule has 2 aromatic carbocycles. The lowest BCUT2D eigenvalue weighted by Gasteiger charge is -2.28. The predicted molar refractivity (Wildman–Crippen MR) is 139 cm³/mol. The molecule has 1 saturated heterocycles. The Morgan fingerprint density at radius 2 is 1.97 bits per heavy atom. The van der Waals surface area contributed by atoms with Crippen LogP contribution in [0.1, 0.15) is 27.1 Å². The molecule has 38 heavy (non-hydrogen) atoms. The lowest BCUT2D eigenvalue weighted by Crippen LogP contribution is -2.37. The SMILES string of the molecule is C=CNC(=O)c1cc2c(cc1N)-n1cc(C(=O)O)c(=O)c3cc(F)c(NCCCN4CCOCC4)c(c31)O2. The van der Waals surface area contributed by atoms with Gasteiger partial charge in [0.2, 0.25) is 5.43 Å². The summed E-state index contributed by atoms with van der Waals surface area (Å²) >= 11 is 0. The van der Waals surface area contributed by atoms with E-state index in [1.807, 2.05) is 0 Å². The van der Waals surface area contributed by atoms with Crippen LogP contribution in [0.25, 0.3) is 16.6 Å². The van der Waals surface area contributed by atoms with Gasteiger partial charge in [-0.2, -0.15) is 0 Å². The first kappa shape index (κ1) is 25.2. The van der Waals surface area contributed by atoms with Crippen molar-refractivity contribution in [2.24, 2.45) is 0 Å². The van der Waals surface area contributed by atoms with Crippen LogP contribution in [-0.4, -0.2) is 65.8 Å². The molecule has 1 fully saturated rings. The minimum absolute atomic E-state index is 0.00719. The van der Waals surface area contributed by atoms with E-state index in [4.69, 9.17) is 15.2 Å². The van der Waals surface area contributed by atoms with Crippen molar-refractivity contribution in [3.8, 4) is 17.2 Å². The van der Waals surface area contributed by atoms with E-state index in [-0.39, 0.29) is 39.3 Å². The second-order valence-electron chi connectivity index (χ2n) is 8.93. The minimum Gasteiger partial charge on any atom is -0.477 e. The van der Waals surface area contributed by atoms with Gasteiger partial charge in [-0.1, -0.05) is 6.58 Å². The Morgan fingerprint density at radius 1 is 1.21 bits per heavy atom. The molecule has 5 rings (SSSR count). The van der Waals surface area contributed by atoms with E-state index in [9.17, 15) is 19.5 Å². The highest BCUT2D eigenvalue weighted by Crippen LogP contribution is 2.46. The number of anilines is 2. The molecule has 0 spiro atoms. The van der Waals surface area contributed by atoms with E-state index < -0.39 is 28.7 Å². The van der Waals surface area contributed by atoms with Crippen LogP contribution in [0.3, 0.4) is 0 Å². The number of pyridine rings is 1. The molecule has 0 aliphatic carbocycles. The van der Waals surface area contributed by atoms with Gasteiger partial charge in [-0.15, -0.1) is 0 Å². The van der Waals surface area contributed by atoms with Gasteiger partial charge in [0.05, 0.1) is 29.9 Å². The predicted octanol–water partition coefficient (Wildman–Crippen LogP) is 2.52. The number of aromatic nitrogens is 1. The molecular weight excluding hydrogens is 497 g/mol. The standard InChI is InChI=1S/C26H26FN5O6/c1-2-29-25(34)14-11-20-19(12-18(14)28)32-13-16(26(35)36)23(33)15-10-17(27)21(24(38-20)22(15)32)30-4-3-5-31-6-8-37-9-7-31/h2,10-13,30H,1,3-9,28H2,(H,29,34)(H,35,36). The number of nitrogens with two attached hydrogens (primary N) is 1. The Kier molecular flexibility index (Phi) is 6.74. The normalized spacial score (nSPS) is 14.4. The van der Waals surface area contributed by atoms with Crippen LogP contribution in [0.5, 0.6) is 11.5 Å². The number of hydrogen-bond donors (Lipinski definition) is 4. The quantitative estimate of drug-likeness (QED) is 0.202. The Morgan fingerprint density at radius 3 is 2.68 bits per heavy atom. The summed E-state index contributed by atoms with van der Waals surface area (Å²) in [4.78, 5) is 39.5. The van der Waals surface area contributed by atoms with Crippen molar-refractivity contribution in [3.05, 3.63) is 64.3 Å². The average molecular weight is 524 g/mol. The highest BCUT2D eigenvalue weighted by Gasteiger charge is 2.29. The van der Waals surface area contributed by atoms with Crippen LogP contribution in [0.4, 0.5) is 15.8 Å². The van der Waals surface area contributed by atoms with Gasteiger partial charge in [0.1, 0.15) is 16.8 Å². The minimum atomic E-state index is -1.46. The van der Waals surface area contributed by atoms with Crippen molar-refractivity contribution in [3.63, 3.8) is 0 Å². The molecule has 11 nitrogen and oxygen atoms in total. The second kappa shape index (κ2) is 10.1. The maximum Gasteiger partial charge on any atom is 0.341 e. The molecule has 198 valence electrons. The van der Waals surface area contributed by atoms with Gasteiger partial charge in [0.25, 0.3) is 5.91 Å². The molecular formula is C26H26FN5O6. The van der Waals surface area contributed by atoms with Crippen LogP contribution in [0.2, 0.25) is 0 Å². The zero-order valence-electron chi connectivity index (χ0n) is 20.4. The van der Waals surface area contributed by atoms with Gasteiger partial charge < -0.3 is 35.5 Å². The summed E-state index contributed by atoms with van der Waals surface area (Å²) in [5.41, 5.74) is 5.40. The van der Waals surface area contributed by atoms with Crippen molar-refractivity contribution < 1.29 is 28.6 Å². The number of ether oxygens (including phenoxy) is 2. The van der Waals surface area contributed by atoms with E-state index in [0.717, 1.165) is 31.9 Å². The van der Waals surface area contributed by atoms with E-state index in [1.54, 1.807) is 0 Å². The van der Waals surface area contributed by atoms with Gasteiger partial charge in [0.15, 0.2) is 17.3 Å². The van der Waals surface area contributed by atoms with Crippen LogP contribution in [0.15, 0.2) is 42.0 Å². The molecule has 1 amide bonds. The van der Waals surface area contributed by atoms with Gasteiger partial charge >= 0.3 is 5.97 Å². The fourth-order valence-corrected chi connectivity index (χ4v) is 4.70. The number of carboxylic acids is 1. The first-order valence-electron chi connectivity index (χ1n) is 12.0. The summed E-state index contributed by atoms with van der Waals surface area (Å²) < 4.78 is 28.3. The summed E-state index contributed by atoms with van der Waals surface area (Å²) in [7, 11) is 0. The van der Waals surface area contributed by atoms with Gasteiger partial charge in [-0.25, -0.2) is 9.18 Å². The molecule has 3 aromatic rings. The fourth-order valence-electron chi connectivity index (χ4n) is 4.70. The third-order valence-corrected chi connectivity index (χ3v) is 6.56. The molecule has 0 atom stereocenters. The Hall–Kier alpha value is -4.42. The van der Waals surface area contributed by atoms with Crippen LogP contribution in [-0.2, 0) is 4.74 Å². The summed E-state index contributed by atoms with van der Waals surface area (Å²) in [6.45, 7) is 7.69. The molecule has 12 heteroatoms. The second-order valence-corrected chi connectivity index (χ2v) is 8.93. The summed E-state index contributed by atoms with van der Waals surface area (Å²) in [5.74, 6) is -2.63. The van der Waals surface area contributed by atoms with Crippen LogP contribution >= 0.6 is 0 Å². The number of nitrogens with one attached hydrogen (secondary N) is 2. The average Bonchev–Trinajstić information content (AvgIpc) is 2.89. The Bertz CT molecular complexity index is 1530. The topological polar surface area (TPSA) is 148 Å². The van der Waals surface area contributed by atoms with Gasteiger partial charge in [-0.05, 0) is 37.4 Å². The maximum atomic E-state index is 15.4. The number of carbonyl (C=O) groups is 2. The van der Waals surface area contributed by atoms with Crippen molar-refractivity contribution in [2.75, 3.05) is 50.4 Å². The van der Waals surface area contributed by atoms with Crippen LogP contribution < -0.4 is 26.5 Å². The summed E-state index contributed by atoms with van der Waals surface area (Å²) in [5, 5.41) is 15.0. The molecule has 2 aliphatic rings. The number of nitrogens with zero attached hydrogens (tertiary/aromatic N) is 2. The number of fused-ring (bicyclic) bond motifs is 2. The Balaban J connectivity index is 1.60. The number of morpholine rings is 1. The largest absolute Gasteiger partial charge is 0.477 e. The number of nitrogen functional groups attached to an aromatic ring is 1. The number of aromatic carboxylic acids is 1. The van der Waals surface area contributed by atoms with Crippen molar-refractivity contribution in [1.82, 2.24) is 14.8 Å². The number of hydrogen-bond acceptors (Lipinski definition) is 8.